The SMILES string of the molecule is NCSc1ccc2c(c1)CCO2. The van der Waals surface area contributed by atoms with Gasteiger partial charge in [-0.05, 0) is 23.8 Å². The van der Waals surface area contributed by atoms with E-state index in [1.807, 2.05) is 6.07 Å². The predicted octanol–water partition coefficient (Wildman–Crippen LogP) is 1.63. The molecule has 3 heteroatoms. The largest absolute Gasteiger partial charge is 0.493 e. The van der Waals surface area contributed by atoms with Gasteiger partial charge in [0.2, 0.25) is 0 Å². The molecule has 0 bridgehead atoms. The number of rotatable bonds is 2. The number of hydrogen-bond acceptors (Lipinski definition) is 3. The second-order valence-corrected chi connectivity index (χ2v) is 3.77. The number of benzene rings is 1. The lowest BCUT2D eigenvalue weighted by molar-refractivity contribution is 0.357. The summed E-state index contributed by atoms with van der Waals surface area (Å²) in [7, 11) is 0. The molecule has 0 saturated heterocycles. The van der Waals surface area contributed by atoms with Gasteiger partial charge in [0.05, 0.1) is 6.61 Å². The van der Waals surface area contributed by atoms with E-state index in [4.69, 9.17) is 10.5 Å². The first-order valence-corrected chi connectivity index (χ1v) is 4.97. The number of hydrogen-bond donors (Lipinski definition) is 1. The second-order valence-electron chi connectivity index (χ2n) is 2.68. The Morgan fingerprint density at radius 3 is 3.25 bits per heavy atom. The van der Waals surface area contributed by atoms with Gasteiger partial charge in [0.1, 0.15) is 5.75 Å². The molecule has 0 saturated carbocycles. The molecule has 64 valence electrons. The maximum Gasteiger partial charge on any atom is 0.122 e. The predicted molar refractivity (Wildman–Crippen MR) is 50.6 cm³/mol. The lowest BCUT2D eigenvalue weighted by atomic mass is 10.2. The van der Waals surface area contributed by atoms with Gasteiger partial charge in [-0.1, -0.05) is 0 Å². The van der Waals surface area contributed by atoms with E-state index in [2.05, 4.69) is 12.1 Å². The van der Waals surface area contributed by atoms with E-state index in [1.54, 1.807) is 11.8 Å². The van der Waals surface area contributed by atoms with Gasteiger partial charge in [0.15, 0.2) is 0 Å². The molecule has 1 aliphatic heterocycles. The topological polar surface area (TPSA) is 35.2 Å². The van der Waals surface area contributed by atoms with E-state index in [1.165, 1.54) is 10.5 Å². The number of fused-ring (bicyclic) bond motifs is 1. The molecule has 0 atom stereocenters. The van der Waals surface area contributed by atoms with Gasteiger partial charge in [0, 0.05) is 17.2 Å². The summed E-state index contributed by atoms with van der Waals surface area (Å²) >= 11 is 1.66. The van der Waals surface area contributed by atoms with Crippen LogP contribution in [0.5, 0.6) is 5.75 Å². The molecule has 2 N–H and O–H groups in total. The van der Waals surface area contributed by atoms with Crippen LogP contribution in [0, 0.1) is 0 Å². The molecule has 0 aliphatic carbocycles. The van der Waals surface area contributed by atoms with Crippen LogP contribution >= 0.6 is 11.8 Å². The van der Waals surface area contributed by atoms with E-state index in [-0.39, 0.29) is 0 Å². The average Bonchev–Trinajstić information content (AvgIpc) is 2.51. The van der Waals surface area contributed by atoms with Crippen molar-refractivity contribution in [1.29, 1.82) is 0 Å². The fourth-order valence-electron chi connectivity index (χ4n) is 1.35. The molecule has 2 nitrogen and oxygen atoms in total. The van der Waals surface area contributed by atoms with E-state index in [0.717, 1.165) is 18.8 Å². The zero-order chi connectivity index (χ0) is 8.39. The molecule has 1 aromatic carbocycles. The van der Waals surface area contributed by atoms with Crippen molar-refractivity contribution in [1.82, 2.24) is 0 Å². The second kappa shape index (κ2) is 3.37. The van der Waals surface area contributed by atoms with Crippen LogP contribution in [0.2, 0.25) is 0 Å². The Labute approximate surface area is 76.1 Å². The van der Waals surface area contributed by atoms with Gasteiger partial charge < -0.3 is 10.5 Å². The zero-order valence-electron chi connectivity index (χ0n) is 6.75. The van der Waals surface area contributed by atoms with Crippen LogP contribution in [-0.2, 0) is 6.42 Å². The van der Waals surface area contributed by atoms with Crippen molar-refractivity contribution in [3.8, 4) is 5.75 Å². The van der Waals surface area contributed by atoms with Crippen molar-refractivity contribution < 1.29 is 4.74 Å². The minimum atomic E-state index is 0.639. The van der Waals surface area contributed by atoms with E-state index < -0.39 is 0 Å². The lowest BCUT2D eigenvalue weighted by Crippen LogP contribution is -1.91. The van der Waals surface area contributed by atoms with Crippen LogP contribution < -0.4 is 10.5 Å². The summed E-state index contributed by atoms with van der Waals surface area (Å²) in [5.41, 5.74) is 6.75. The normalized spacial score (nSPS) is 14.1. The minimum absolute atomic E-state index is 0.639. The highest BCUT2D eigenvalue weighted by molar-refractivity contribution is 7.99. The maximum absolute atomic E-state index is 5.44. The van der Waals surface area contributed by atoms with Crippen LogP contribution in [0.4, 0.5) is 0 Å². The summed E-state index contributed by atoms with van der Waals surface area (Å²) in [6.45, 7) is 0.825. The summed E-state index contributed by atoms with van der Waals surface area (Å²) in [4.78, 5) is 1.24. The highest BCUT2D eigenvalue weighted by Gasteiger charge is 2.11. The van der Waals surface area contributed by atoms with Crippen molar-refractivity contribution in [2.75, 3.05) is 12.5 Å². The highest BCUT2D eigenvalue weighted by atomic mass is 32.2. The average molecular weight is 181 g/mol. The molecular formula is C9H11NOS. The van der Waals surface area contributed by atoms with Gasteiger partial charge in [-0.3, -0.25) is 0 Å². The summed E-state index contributed by atoms with van der Waals surface area (Å²) in [6, 6.07) is 6.25. The summed E-state index contributed by atoms with van der Waals surface area (Å²) in [6.07, 6.45) is 1.04. The van der Waals surface area contributed by atoms with Crippen LogP contribution in [0.15, 0.2) is 23.1 Å². The molecule has 0 spiro atoms. The minimum Gasteiger partial charge on any atom is -0.493 e. The Hall–Kier alpha value is -0.670. The van der Waals surface area contributed by atoms with Gasteiger partial charge in [-0.25, -0.2) is 0 Å². The maximum atomic E-state index is 5.44. The van der Waals surface area contributed by atoms with Crippen LogP contribution in [0.25, 0.3) is 0 Å². The van der Waals surface area contributed by atoms with Crippen molar-refractivity contribution in [2.45, 2.75) is 11.3 Å². The van der Waals surface area contributed by atoms with Gasteiger partial charge in [0.25, 0.3) is 0 Å². The summed E-state index contributed by atoms with van der Waals surface area (Å²) in [5, 5.41) is 0. The molecule has 2 rings (SSSR count). The molecule has 0 radical (unpaired) electrons. The number of ether oxygens (including phenoxy) is 1. The first kappa shape index (κ1) is 7.95. The first-order chi connectivity index (χ1) is 5.90. The third kappa shape index (κ3) is 1.42. The third-order valence-electron chi connectivity index (χ3n) is 1.91. The summed E-state index contributed by atoms with van der Waals surface area (Å²) < 4.78 is 5.39. The Bertz CT molecular complexity index is 288. The van der Waals surface area contributed by atoms with Gasteiger partial charge in [-0.2, -0.15) is 0 Å². The number of nitrogens with two attached hydrogens (primary N) is 1. The van der Waals surface area contributed by atoms with Gasteiger partial charge in [-0.15, -0.1) is 11.8 Å². The zero-order valence-corrected chi connectivity index (χ0v) is 7.56. The molecule has 0 fully saturated rings. The Morgan fingerprint density at radius 1 is 1.50 bits per heavy atom. The lowest BCUT2D eigenvalue weighted by Gasteiger charge is -2.01. The van der Waals surface area contributed by atoms with E-state index in [0.29, 0.717) is 5.88 Å². The van der Waals surface area contributed by atoms with Crippen molar-refractivity contribution in [3.05, 3.63) is 23.8 Å². The standard InChI is InChI=1S/C9H11NOS/c10-6-12-8-1-2-9-7(5-8)3-4-11-9/h1-2,5H,3-4,6,10H2. The monoisotopic (exact) mass is 181 g/mol. The Kier molecular flexibility index (Phi) is 2.23. The fraction of sp³-hybridized carbons (Fsp3) is 0.333. The van der Waals surface area contributed by atoms with Crippen molar-refractivity contribution in [3.63, 3.8) is 0 Å². The third-order valence-corrected chi connectivity index (χ3v) is 2.66. The summed E-state index contributed by atoms with van der Waals surface area (Å²) in [5.74, 6) is 1.68. The first-order valence-electron chi connectivity index (χ1n) is 3.99. The molecule has 12 heavy (non-hydrogen) atoms. The fourth-order valence-corrected chi connectivity index (χ4v) is 1.93. The Balaban J connectivity index is 2.26. The highest BCUT2D eigenvalue weighted by Crippen LogP contribution is 2.29. The molecule has 0 unspecified atom stereocenters. The molecular weight excluding hydrogens is 170 g/mol. The van der Waals surface area contributed by atoms with Crippen LogP contribution in [0.3, 0.4) is 0 Å². The van der Waals surface area contributed by atoms with Crippen molar-refractivity contribution >= 4 is 11.8 Å². The smallest absolute Gasteiger partial charge is 0.122 e. The number of thioether (sulfide) groups is 1. The van der Waals surface area contributed by atoms with Crippen LogP contribution in [-0.4, -0.2) is 12.5 Å². The molecule has 1 aliphatic rings. The quantitative estimate of drug-likeness (QED) is 0.556. The molecule has 1 aromatic rings. The van der Waals surface area contributed by atoms with Gasteiger partial charge >= 0.3 is 0 Å². The molecule has 0 amide bonds. The van der Waals surface area contributed by atoms with E-state index >= 15 is 0 Å². The molecule has 1 heterocycles. The Morgan fingerprint density at radius 2 is 2.42 bits per heavy atom. The van der Waals surface area contributed by atoms with Crippen LogP contribution in [0.1, 0.15) is 5.56 Å². The van der Waals surface area contributed by atoms with E-state index in [9.17, 15) is 0 Å². The molecule has 0 aromatic heterocycles. The van der Waals surface area contributed by atoms with Crippen molar-refractivity contribution in [2.24, 2.45) is 5.73 Å².